The highest BCUT2D eigenvalue weighted by molar-refractivity contribution is 5.53. The Balaban J connectivity index is 1.98. The lowest BCUT2D eigenvalue weighted by Crippen LogP contribution is -2.12. The summed E-state index contributed by atoms with van der Waals surface area (Å²) in [5.41, 5.74) is 2.32. The SMILES string of the molecule is CCCNc1ncnc(-n2ccc(C3CC3)n2)c1C(C)C. The Morgan fingerprint density at radius 1 is 1.33 bits per heavy atom. The molecule has 0 aliphatic heterocycles. The molecule has 0 aromatic carbocycles. The van der Waals surface area contributed by atoms with E-state index in [1.54, 1.807) is 6.33 Å². The summed E-state index contributed by atoms with van der Waals surface area (Å²) in [6.07, 6.45) is 7.25. The molecule has 5 nitrogen and oxygen atoms in total. The van der Waals surface area contributed by atoms with Gasteiger partial charge in [0.1, 0.15) is 12.1 Å². The quantitative estimate of drug-likeness (QED) is 0.882. The van der Waals surface area contributed by atoms with Crippen molar-refractivity contribution in [3.8, 4) is 5.82 Å². The lowest BCUT2D eigenvalue weighted by molar-refractivity contribution is 0.758. The van der Waals surface area contributed by atoms with Crippen LogP contribution in [0.2, 0.25) is 0 Å². The van der Waals surface area contributed by atoms with Gasteiger partial charge in [0.05, 0.1) is 5.69 Å². The van der Waals surface area contributed by atoms with E-state index in [-0.39, 0.29) is 0 Å². The van der Waals surface area contributed by atoms with E-state index in [4.69, 9.17) is 5.10 Å². The predicted molar refractivity (Wildman–Crippen MR) is 84.0 cm³/mol. The summed E-state index contributed by atoms with van der Waals surface area (Å²) < 4.78 is 1.90. The molecule has 2 aromatic rings. The molecule has 2 aromatic heterocycles. The van der Waals surface area contributed by atoms with Crippen LogP contribution in [0.3, 0.4) is 0 Å². The van der Waals surface area contributed by atoms with E-state index in [1.165, 1.54) is 18.5 Å². The Hall–Kier alpha value is -1.91. The van der Waals surface area contributed by atoms with Gasteiger partial charge in [0.15, 0.2) is 5.82 Å². The van der Waals surface area contributed by atoms with Crippen LogP contribution in [0.1, 0.15) is 63.1 Å². The minimum absolute atomic E-state index is 0.342. The molecule has 0 spiro atoms. The number of hydrogen-bond donors (Lipinski definition) is 1. The van der Waals surface area contributed by atoms with Crippen molar-refractivity contribution < 1.29 is 0 Å². The zero-order valence-electron chi connectivity index (χ0n) is 13.0. The van der Waals surface area contributed by atoms with Crippen molar-refractivity contribution >= 4 is 5.82 Å². The number of nitrogens with one attached hydrogen (secondary N) is 1. The zero-order chi connectivity index (χ0) is 14.8. The molecule has 1 N–H and O–H groups in total. The second-order valence-corrected chi connectivity index (χ2v) is 6.00. The minimum Gasteiger partial charge on any atom is -0.370 e. The Bertz CT molecular complexity index is 613. The highest BCUT2D eigenvalue weighted by Crippen LogP contribution is 2.39. The van der Waals surface area contributed by atoms with Crippen molar-refractivity contribution in [1.29, 1.82) is 0 Å². The summed E-state index contributed by atoms with van der Waals surface area (Å²) in [5.74, 6) is 2.83. The van der Waals surface area contributed by atoms with E-state index in [2.05, 4.69) is 42.1 Å². The van der Waals surface area contributed by atoms with Crippen LogP contribution in [0.25, 0.3) is 5.82 Å². The monoisotopic (exact) mass is 285 g/mol. The van der Waals surface area contributed by atoms with Gasteiger partial charge in [-0.15, -0.1) is 0 Å². The Labute approximate surface area is 125 Å². The molecule has 0 atom stereocenters. The smallest absolute Gasteiger partial charge is 0.162 e. The third kappa shape index (κ3) is 2.91. The second-order valence-electron chi connectivity index (χ2n) is 6.00. The van der Waals surface area contributed by atoms with E-state index in [0.717, 1.165) is 30.2 Å². The third-order valence-corrected chi connectivity index (χ3v) is 3.81. The first kappa shape index (κ1) is 14.0. The number of rotatable bonds is 6. The maximum absolute atomic E-state index is 4.71. The molecule has 0 saturated heterocycles. The van der Waals surface area contributed by atoms with Gasteiger partial charge in [-0.1, -0.05) is 20.8 Å². The number of nitrogens with zero attached hydrogens (tertiary/aromatic N) is 4. The average Bonchev–Trinajstić information content (AvgIpc) is 3.22. The fourth-order valence-electron chi connectivity index (χ4n) is 2.54. The van der Waals surface area contributed by atoms with Gasteiger partial charge >= 0.3 is 0 Å². The molecule has 0 radical (unpaired) electrons. The molecule has 112 valence electrons. The largest absolute Gasteiger partial charge is 0.370 e. The van der Waals surface area contributed by atoms with Crippen molar-refractivity contribution in [3.63, 3.8) is 0 Å². The van der Waals surface area contributed by atoms with Gasteiger partial charge in [0.25, 0.3) is 0 Å². The van der Waals surface area contributed by atoms with E-state index < -0.39 is 0 Å². The maximum atomic E-state index is 4.71. The summed E-state index contributed by atoms with van der Waals surface area (Å²) >= 11 is 0. The summed E-state index contributed by atoms with van der Waals surface area (Å²) in [4.78, 5) is 8.90. The molecule has 1 aliphatic carbocycles. The maximum Gasteiger partial charge on any atom is 0.162 e. The Morgan fingerprint density at radius 3 is 2.81 bits per heavy atom. The van der Waals surface area contributed by atoms with Crippen LogP contribution in [-0.2, 0) is 0 Å². The number of aromatic nitrogens is 4. The van der Waals surface area contributed by atoms with Gasteiger partial charge in [-0.2, -0.15) is 5.10 Å². The molecule has 0 unspecified atom stereocenters. The van der Waals surface area contributed by atoms with Crippen molar-refractivity contribution in [2.45, 2.75) is 51.9 Å². The number of anilines is 1. The molecule has 0 amide bonds. The molecule has 3 rings (SSSR count). The minimum atomic E-state index is 0.342. The average molecular weight is 285 g/mol. The summed E-state index contributed by atoms with van der Waals surface area (Å²) in [6.45, 7) is 7.41. The third-order valence-electron chi connectivity index (χ3n) is 3.81. The van der Waals surface area contributed by atoms with E-state index >= 15 is 0 Å². The second kappa shape index (κ2) is 5.84. The molecule has 0 bridgehead atoms. The lowest BCUT2D eigenvalue weighted by atomic mass is 10.0. The predicted octanol–water partition coefficient (Wildman–Crippen LogP) is 3.49. The molecular weight excluding hydrogens is 262 g/mol. The number of hydrogen-bond acceptors (Lipinski definition) is 4. The van der Waals surface area contributed by atoms with Crippen molar-refractivity contribution in [2.75, 3.05) is 11.9 Å². The molecule has 1 aliphatic rings. The first-order valence-electron chi connectivity index (χ1n) is 7.85. The Kier molecular flexibility index (Phi) is 3.90. The van der Waals surface area contributed by atoms with Crippen LogP contribution in [0.5, 0.6) is 0 Å². The van der Waals surface area contributed by atoms with Crippen molar-refractivity contribution in [3.05, 3.63) is 29.8 Å². The van der Waals surface area contributed by atoms with Gasteiger partial charge in [-0.3, -0.25) is 0 Å². The van der Waals surface area contributed by atoms with Gasteiger partial charge < -0.3 is 5.32 Å². The standard InChI is InChI=1S/C16H23N5/c1-4-8-17-15-14(11(2)3)16(19-10-18-15)21-9-7-13(20-21)12-5-6-12/h7,9-12H,4-6,8H2,1-3H3,(H,17,18,19). The molecule has 21 heavy (non-hydrogen) atoms. The van der Waals surface area contributed by atoms with Gasteiger partial charge in [-0.25, -0.2) is 14.6 Å². The first-order chi connectivity index (χ1) is 10.2. The molecule has 2 heterocycles. The van der Waals surface area contributed by atoms with Crippen LogP contribution >= 0.6 is 0 Å². The van der Waals surface area contributed by atoms with Crippen molar-refractivity contribution in [2.24, 2.45) is 0 Å². The molecule has 5 heteroatoms. The fraction of sp³-hybridized carbons (Fsp3) is 0.562. The van der Waals surface area contributed by atoms with Gasteiger partial charge in [0.2, 0.25) is 0 Å². The molecular formula is C16H23N5. The van der Waals surface area contributed by atoms with E-state index in [0.29, 0.717) is 11.8 Å². The van der Waals surface area contributed by atoms with Crippen molar-refractivity contribution in [1.82, 2.24) is 19.7 Å². The fourth-order valence-corrected chi connectivity index (χ4v) is 2.54. The van der Waals surface area contributed by atoms with Crippen LogP contribution in [-0.4, -0.2) is 26.3 Å². The topological polar surface area (TPSA) is 55.6 Å². The van der Waals surface area contributed by atoms with E-state index in [9.17, 15) is 0 Å². The Morgan fingerprint density at radius 2 is 2.14 bits per heavy atom. The first-order valence-corrected chi connectivity index (χ1v) is 7.85. The normalized spacial score (nSPS) is 14.7. The van der Waals surface area contributed by atoms with Crippen LogP contribution in [0.15, 0.2) is 18.6 Å². The van der Waals surface area contributed by atoms with Gasteiger partial charge in [0, 0.05) is 24.2 Å². The lowest BCUT2D eigenvalue weighted by Gasteiger charge is -2.16. The zero-order valence-corrected chi connectivity index (χ0v) is 13.0. The van der Waals surface area contributed by atoms with Crippen LogP contribution in [0.4, 0.5) is 5.82 Å². The summed E-state index contributed by atoms with van der Waals surface area (Å²) in [5, 5.41) is 8.11. The summed E-state index contributed by atoms with van der Waals surface area (Å²) in [6, 6.07) is 2.11. The summed E-state index contributed by atoms with van der Waals surface area (Å²) in [7, 11) is 0. The highest BCUT2D eigenvalue weighted by Gasteiger charge is 2.26. The van der Waals surface area contributed by atoms with Gasteiger partial charge in [-0.05, 0) is 31.2 Å². The van der Waals surface area contributed by atoms with E-state index in [1.807, 2.05) is 10.9 Å². The molecule has 1 fully saturated rings. The molecule has 1 saturated carbocycles. The highest BCUT2D eigenvalue weighted by atomic mass is 15.3. The van der Waals surface area contributed by atoms with Crippen LogP contribution < -0.4 is 5.32 Å². The van der Waals surface area contributed by atoms with Crippen LogP contribution in [0, 0.1) is 0 Å².